The number of halogens is 3. The van der Waals surface area contributed by atoms with Crippen LogP contribution in [-0.4, -0.2) is 23.2 Å². The molecule has 0 spiro atoms. The molecule has 0 radical (unpaired) electrons. The molecule has 0 aromatic heterocycles. The third-order valence-electron chi connectivity index (χ3n) is 2.29. The van der Waals surface area contributed by atoms with Gasteiger partial charge in [-0.3, -0.25) is 4.79 Å². The Bertz CT molecular complexity index is 509. The molecule has 2 N–H and O–H groups in total. The van der Waals surface area contributed by atoms with Gasteiger partial charge in [0.1, 0.15) is 5.70 Å². The van der Waals surface area contributed by atoms with E-state index in [1.165, 1.54) is 12.1 Å². The quantitative estimate of drug-likeness (QED) is 0.818. The number of carboxylic acids is 1. The molecule has 0 saturated carbocycles. The highest BCUT2D eigenvalue weighted by Gasteiger charge is 2.26. The van der Waals surface area contributed by atoms with Crippen LogP contribution in [0.25, 0.3) is 0 Å². The van der Waals surface area contributed by atoms with Crippen molar-refractivity contribution in [3.8, 4) is 0 Å². The number of allylic oxidation sites excluding steroid dienone is 1. The lowest BCUT2D eigenvalue weighted by molar-refractivity contribution is -0.135. The number of carbonyl (C=O) groups is 2. The van der Waals surface area contributed by atoms with Crippen molar-refractivity contribution in [3.63, 3.8) is 0 Å². The van der Waals surface area contributed by atoms with Gasteiger partial charge in [-0.15, -0.1) is 0 Å². The zero-order valence-corrected chi connectivity index (χ0v) is 10.3. The van der Waals surface area contributed by atoms with Gasteiger partial charge in [0.15, 0.2) is 0 Å². The van der Waals surface area contributed by atoms with Gasteiger partial charge in [0.25, 0.3) is 5.91 Å². The van der Waals surface area contributed by atoms with Crippen LogP contribution in [0.2, 0.25) is 0 Å². The van der Waals surface area contributed by atoms with Gasteiger partial charge >= 0.3 is 12.1 Å². The Balaban J connectivity index is 2.71. The molecule has 0 atom stereocenters. The van der Waals surface area contributed by atoms with Gasteiger partial charge in [0.05, 0.1) is 0 Å². The Labute approximate surface area is 112 Å². The summed E-state index contributed by atoms with van der Waals surface area (Å²) in [5.41, 5.74) is -0.349. The molecule has 108 valence electrons. The number of aliphatic carboxylic acids is 1. The van der Waals surface area contributed by atoms with E-state index in [1.54, 1.807) is 18.2 Å². The molecular formula is C13H12F3NO3. The molecule has 1 aromatic rings. The first-order valence-corrected chi connectivity index (χ1v) is 5.66. The second-order valence-corrected chi connectivity index (χ2v) is 3.90. The molecule has 0 bridgehead atoms. The maximum absolute atomic E-state index is 12.0. The number of hydrogen-bond donors (Lipinski definition) is 2. The van der Waals surface area contributed by atoms with E-state index in [0.29, 0.717) is 0 Å². The van der Waals surface area contributed by atoms with Gasteiger partial charge in [-0.2, -0.15) is 13.2 Å². The predicted molar refractivity (Wildman–Crippen MR) is 64.9 cm³/mol. The Morgan fingerprint density at radius 1 is 1.20 bits per heavy atom. The lowest BCUT2D eigenvalue weighted by atomic mass is 10.2. The summed E-state index contributed by atoms with van der Waals surface area (Å²) in [5.74, 6) is -2.18. The largest absolute Gasteiger partial charge is 0.477 e. The number of nitrogens with one attached hydrogen (secondary N) is 1. The number of benzene rings is 1. The van der Waals surface area contributed by atoms with E-state index < -0.39 is 36.6 Å². The molecule has 0 fully saturated rings. The molecule has 1 rings (SSSR count). The van der Waals surface area contributed by atoms with Crippen LogP contribution in [0.15, 0.2) is 42.1 Å². The van der Waals surface area contributed by atoms with Gasteiger partial charge in [0.2, 0.25) is 0 Å². The van der Waals surface area contributed by atoms with Crippen LogP contribution in [0.4, 0.5) is 13.2 Å². The summed E-state index contributed by atoms with van der Waals surface area (Å²) in [5, 5.41) is 10.9. The van der Waals surface area contributed by atoms with E-state index in [0.717, 1.165) is 6.08 Å². The summed E-state index contributed by atoms with van der Waals surface area (Å²) in [7, 11) is 0. The average Bonchev–Trinajstić information content (AvgIpc) is 2.37. The van der Waals surface area contributed by atoms with Crippen molar-refractivity contribution in [3.05, 3.63) is 47.7 Å². The SMILES string of the molecule is O=C(O)C(=CCCC(F)(F)F)NC(=O)c1ccccc1. The van der Waals surface area contributed by atoms with Crippen LogP contribution < -0.4 is 5.32 Å². The highest BCUT2D eigenvalue weighted by atomic mass is 19.4. The van der Waals surface area contributed by atoms with E-state index in [4.69, 9.17) is 5.11 Å². The zero-order chi connectivity index (χ0) is 15.2. The van der Waals surface area contributed by atoms with Crippen molar-refractivity contribution in [2.24, 2.45) is 0 Å². The van der Waals surface area contributed by atoms with Gasteiger partial charge in [-0.1, -0.05) is 24.3 Å². The fourth-order valence-corrected chi connectivity index (χ4v) is 1.36. The Kier molecular flexibility index (Phi) is 5.31. The first kappa shape index (κ1) is 15.7. The zero-order valence-electron chi connectivity index (χ0n) is 10.3. The van der Waals surface area contributed by atoms with Crippen molar-refractivity contribution in [1.82, 2.24) is 5.32 Å². The topological polar surface area (TPSA) is 66.4 Å². The third kappa shape index (κ3) is 5.55. The fourth-order valence-electron chi connectivity index (χ4n) is 1.36. The van der Waals surface area contributed by atoms with Crippen molar-refractivity contribution in [2.45, 2.75) is 19.0 Å². The number of amides is 1. The monoisotopic (exact) mass is 287 g/mol. The summed E-state index contributed by atoms with van der Waals surface area (Å²) in [6.45, 7) is 0. The minimum atomic E-state index is -4.37. The molecule has 20 heavy (non-hydrogen) atoms. The highest BCUT2D eigenvalue weighted by Crippen LogP contribution is 2.21. The van der Waals surface area contributed by atoms with E-state index in [1.807, 2.05) is 0 Å². The van der Waals surface area contributed by atoms with Gasteiger partial charge in [0, 0.05) is 12.0 Å². The summed E-state index contributed by atoms with van der Waals surface area (Å²) in [6.07, 6.45) is -5.19. The minimum absolute atomic E-state index is 0.218. The summed E-state index contributed by atoms with van der Waals surface area (Å²) >= 11 is 0. The summed E-state index contributed by atoms with van der Waals surface area (Å²) < 4.78 is 35.9. The number of hydrogen-bond acceptors (Lipinski definition) is 2. The molecule has 0 saturated heterocycles. The number of carbonyl (C=O) groups excluding carboxylic acids is 1. The summed E-state index contributed by atoms with van der Waals surface area (Å²) in [4.78, 5) is 22.5. The molecule has 0 aliphatic heterocycles. The normalized spacial score (nSPS) is 12.1. The van der Waals surface area contributed by atoms with Crippen LogP contribution in [0.5, 0.6) is 0 Å². The first-order valence-electron chi connectivity index (χ1n) is 5.66. The Morgan fingerprint density at radius 2 is 1.80 bits per heavy atom. The smallest absolute Gasteiger partial charge is 0.389 e. The van der Waals surface area contributed by atoms with Gasteiger partial charge in [-0.25, -0.2) is 4.79 Å². The fraction of sp³-hybridized carbons (Fsp3) is 0.231. The van der Waals surface area contributed by atoms with E-state index in [9.17, 15) is 22.8 Å². The van der Waals surface area contributed by atoms with Crippen molar-refractivity contribution >= 4 is 11.9 Å². The van der Waals surface area contributed by atoms with Crippen molar-refractivity contribution in [2.75, 3.05) is 0 Å². The molecule has 4 nitrogen and oxygen atoms in total. The van der Waals surface area contributed by atoms with Gasteiger partial charge < -0.3 is 10.4 Å². The summed E-state index contributed by atoms with van der Waals surface area (Å²) in [6, 6.07) is 7.77. The number of alkyl halides is 3. The highest BCUT2D eigenvalue weighted by molar-refractivity contribution is 6.00. The van der Waals surface area contributed by atoms with Gasteiger partial charge in [-0.05, 0) is 18.6 Å². The van der Waals surface area contributed by atoms with Crippen molar-refractivity contribution < 1.29 is 27.9 Å². The van der Waals surface area contributed by atoms with E-state index >= 15 is 0 Å². The molecular weight excluding hydrogens is 275 g/mol. The molecule has 7 heteroatoms. The van der Waals surface area contributed by atoms with Crippen molar-refractivity contribution in [1.29, 1.82) is 0 Å². The van der Waals surface area contributed by atoms with Crippen LogP contribution in [0, 0.1) is 0 Å². The standard InChI is InChI=1S/C13H12F3NO3/c14-13(15,16)8-4-7-10(12(19)20)17-11(18)9-5-2-1-3-6-9/h1-3,5-7H,4,8H2,(H,17,18)(H,19,20). The Hall–Kier alpha value is -2.31. The number of rotatable bonds is 5. The molecule has 0 heterocycles. The van der Waals surface area contributed by atoms with Crippen LogP contribution in [0.3, 0.4) is 0 Å². The average molecular weight is 287 g/mol. The minimum Gasteiger partial charge on any atom is -0.477 e. The molecule has 1 aromatic carbocycles. The molecule has 0 aliphatic rings. The van der Waals surface area contributed by atoms with Crippen LogP contribution in [0.1, 0.15) is 23.2 Å². The maximum atomic E-state index is 12.0. The first-order chi connectivity index (χ1) is 9.29. The van der Waals surface area contributed by atoms with Crippen LogP contribution >= 0.6 is 0 Å². The molecule has 1 amide bonds. The van der Waals surface area contributed by atoms with E-state index in [-0.39, 0.29) is 5.56 Å². The molecule has 0 unspecified atom stereocenters. The lowest BCUT2D eigenvalue weighted by Gasteiger charge is -2.07. The number of carboxylic acid groups (broad SMARTS) is 1. The van der Waals surface area contributed by atoms with E-state index in [2.05, 4.69) is 5.32 Å². The molecule has 0 aliphatic carbocycles. The second kappa shape index (κ2) is 6.74. The Morgan fingerprint density at radius 3 is 2.30 bits per heavy atom. The maximum Gasteiger partial charge on any atom is 0.389 e. The van der Waals surface area contributed by atoms with Crippen LogP contribution in [-0.2, 0) is 4.79 Å². The lowest BCUT2D eigenvalue weighted by Crippen LogP contribution is -2.27. The second-order valence-electron chi connectivity index (χ2n) is 3.90. The predicted octanol–water partition coefficient (Wildman–Crippen LogP) is 2.73. The third-order valence-corrected chi connectivity index (χ3v) is 2.29.